The first-order valence-corrected chi connectivity index (χ1v) is 11.5. The molecule has 5 rings (SSSR count). The molecule has 1 saturated heterocycles. The van der Waals surface area contributed by atoms with Crippen LogP contribution in [0.4, 0.5) is 0 Å². The van der Waals surface area contributed by atoms with Crippen molar-refractivity contribution in [1.82, 2.24) is 9.80 Å². The summed E-state index contributed by atoms with van der Waals surface area (Å²) in [5, 5.41) is 0. The molecule has 1 heterocycles. The third-order valence-corrected chi connectivity index (χ3v) is 6.88. The molecule has 168 valence electrons. The van der Waals surface area contributed by atoms with Gasteiger partial charge in [0.25, 0.3) is 5.91 Å². The molecule has 1 fully saturated rings. The van der Waals surface area contributed by atoms with Gasteiger partial charge in [0, 0.05) is 31.7 Å². The number of carbonyl (C=O) groups excluding carboxylic acids is 2. The standard InChI is InChI=1S/C28H28N2O3/c1-33-28(32)23-14-12-22(13-15-23)27(31)30-18-16-29(17-19-30)26-24-8-4-2-6-20(24)10-11-21-7-3-5-9-25(21)26/h2-9,12-15,26H,10-11,16-19H2,1H3. The molecule has 0 aromatic heterocycles. The predicted octanol–water partition coefficient (Wildman–Crippen LogP) is 4.12. The van der Waals surface area contributed by atoms with Crippen molar-refractivity contribution in [2.24, 2.45) is 0 Å². The van der Waals surface area contributed by atoms with Gasteiger partial charge in [0.2, 0.25) is 0 Å². The van der Waals surface area contributed by atoms with Gasteiger partial charge in [-0.3, -0.25) is 9.69 Å². The largest absolute Gasteiger partial charge is 0.465 e. The van der Waals surface area contributed by atoms with E-state index in [0.717, 1.165) is 25.9 Å². The Balaban J connectivity index is 1.34. The molecule has 2 aliphatic rings. The molecular weight excluding hydrogens is 412 g/mol. The minimum atomic E-state index is -0.397. The van der Waals surface area contributed by atoms with Crippen LogP contribution in [-0.4, -0.2) is 55.0 Å². The van der Waals surface area contributed by atoms with Crippen LogP contribution in [0.5, 0.6) is 0 Å². The predicted molar refractivity (Wildman–Crippen MR) is 127 cm³/mol. The maximum Gasteiger partial charge on any atom is 0.337 e. The molecule has 0 atom stereocenters. The quantitative estimate of drug-likeness (QED) is 0.575. The number of nitrogens with zero attached hydrogens (tertiary/aromatic N) is 2. The van der Waals surface area contributed by atoms with Gasteiger partial charge in [-0.15, -0.1) is 0 Å². The fourth-order valence-electron chi connectivity index (χ4n) is 5.12. The van der Waals surface area contributed by atoms with Gasteiger partial charge in [-0.05, 0) is 59.4 Å². The second-order valence-corrected chi connectivity index (χ2v) is 8.70. The van der Waals surface area contributed by atoms with Gasteiger partial charge in [-0.2, -0.15) is 0 Å². The highest BCUT2D eigenvalue weighted by Gasteiger charge is 2.32. The lowest BCUT2D eigenvalue weighted by Gasteiger charge is -2.40. The average molecular weight is 441 g/mol. The summed E-state index contributed by atoms with van der Waals surface area (Å²) < 4.78 is 4.74. The number of hydrogen-bond donors (Lipinski definition) is 0. The molecule has 3 aromatic rings. The Morgan fingerprint density at radius 1 is 0.727 bits per heavy atom. The lowest BCUT2D eigenvalue weighted by Crippen LogP contribution is -2.50. The molecule has 0 radical (unpaired) electrons. The van der Waals surface area contributed by atoms with Crippen molar-refractivity contribution in [3.05, 3.63) is 106 Å². The van der Waals surface area contributed by atoms with Crippen molar-refractivity contribution < 1.29 is 14.3 Å². The first-order valence-electron chi connectivity index (χ1n) is 11.5. The number of carbonyl (C=O) groups is 2. The smallest absolute Gasteiger partial charge is 0.337 e. The molecule has 1 aliphatic heterocycles. The van der Waals surface area contributed by atoms with E-state index in [-0.39, 0.29) is 11.9 Å². The van der Waals surface area contributed by atoms with E-state index >= 15 is 0 Å². The summed E-state index contributed by atoms with van der Waals surface area (Å²) in [6.07, 6.45) is 2.12. The highest BCUT2D eigenvalue weighted by Crippen LogP contribution is 2.37. The van der Waals surface area contributed by atoms with Gasteiger partial charge >= 0.3 is 5.97 Å². The van der Waals surface area contributed by atoms with Crippen LogP contribution in [0.1, 0.15) is 49.0 Å². The van der Waals surface area contributed by atoms with Crippen LogP contribution in [0, 0.1) is 0 Å². The summed E-state index contributed by atoms with van der Waals surface area (Å²) in [6, 6.07) is 24.5. The second-order valence-electron chi connectivity index (χ2n) is 8.70. The van der Waals surface area contributed by atoms with Crippen LogP contribution in [-0.2, 0) is 17.6 Å². The molecule has 0 saturated carbocycles. The number of methoxy groups -OCH3 is 1. The fourth-order valence-corrected chi connectivity index (χ4v) is 5.12. The number of esters is 1. The van der Waals surface area contributed by atoms with Crippen molar-refractivity contribution in [3.8, 4) is 0 Å². The van der Waals surface area contributed by atoms with Crippen LogP contribution < -0.4 is 0 Å². The lowest BCUT2D eigenvalue weighted by atomic mass is 9.92. The van der Waals surface area contributed by atoms with Crippen LogP contribution in [0.3, 0.4) is 0 Å². The molecular formula is C28H28N2O3. The van der Waals surface area contributed by atoms with Gasteiger partial charge < -0.3 is 9.64 Å². The van der Waals surface area contributed by atoms with Crippen LogP contribution in [0.25, 0.3) is 0 Å². The summed E-state index contributed by atoms with van der Waals surface area (Å²) in [5.74, 6) is -0.390. The Hall–Kier alpha value is -3.44. The SMILES string of the molecule is COC(=O)c1ccc(C(=O)N2CCN(C3c4ccccc4CCc4ccccc43)CC2)cc1. The van der Waals surface area contributed by atoms with E-state index in [1.807, 2.05) is 4.90 Å². The number of hydrogen-bond acceptors (Lipinski definition) is 4. The first kappa shape index (κ1) is 21.4. The number of benzene rings is 3. The summed E-state index contributed by atoms with van der Waals surface area (Å²) in [7, 11) is 1.35. The monoisotopic (exact) mass is 440 g/mol. The first-order chi connectivity index (χ1) is 16.2. The van der Waals surface area contributed by atoms with Crippen molar-refractivity contribution in [3.63, 3.8) is 0 Å². The molecule has 1 aliphatic carbocycles. The van der Waals surface area contributed by atoms with Gasteiger partial charge in [0.15, 0.2) is 0 Å². The normalized spacial score (nSPS) is 16.5. The maximum absolute atomic E-state index is 13.1. The molecule has 0 bridgehead atoms. The third kappa shape index (κ3) is 4.16. The number of piperazine rings is 1. The molecule has 0 N–H and O–H groups in total. The number of fused-ring (bicyclic) bond motifs is 2. The Bertz CT molecular complexity index is 1120. The van der Waals surface area contributed by atoms with Crippen LogP contribution in [0.15, 0.2) is 72.8 Å². The summed E-state index contributed by atoms with van der Waals surface area (Å²) in [6.45, 7) is 3.00. The Kier molecular flexibility index (Phi) is 5.97. The Morgan fingerprint density at radius 3 is 1.79 bits per heavy atom. The average Bonchev–Trinajstić information content (AvgIpc) is 3.05. The van der Waals surface area contributed by atoms with E-state index in [2.05, 4.69) is 53.4 Å². The Morgan fingerprint density at radius 2 is 1.24 bits per heavy atom. The molecule has 1 amide bonds. The molecule has 3 aromatic carbocycles. The van der Waals surface area contributed by atoms with Crippen molar-refractivity contribution in [2.45, 2.75) is 18.9 Å². The van der Waals surface area contributed by atoms with Crippen LogP contribution >= 0.6 is 0 Å². The van der Waals surface area contributed by atoms with E-state index in [4.69, 9.17) is 4.74 Å². The van der Waals surface area contributed by atoms with Crippen LogP contribution in [0.2, 0.25) is 0 Å². The van der Waals surface area contributed by atoms with Gasteiger partial charge in [0.05, 0.1) is 18.7 Å². The van der Waals surface area contributed by atoms with E-state index in [1.165, 1.54) is 29.4 Å². The highest BCUT2D eigenvalue weighted by atomic mass is 16.5. The summed E-state index contributed by atoms with van der Waals surface area (Å²) in [4.78, 5) is 29.2. The molecule has 5 heteroatoms. The molecule has 0 unspecified atom stereocenters. The van der Waals surface area contributed by atoms with Crippen molar-refractivity contribution >= 4 is 11.9 Å². The van der Waals surface area contributed by atoms with E-state index < -0.39 is 5.97 Å². The van der Waals surface area contributed by atoms with Crippen molar-refractivity contribution in [2.75, 3.05) is 33.3 Å². The van der Waals surface area contributed by atoms with Gasteiger partial charge in [-0.25, -0.2) is 4.79 Å². The molecule has 0 spiro atoms. The fraction of sp³-hybridized carbons (Fsp3) is 0.286. The lowest BCUT2D eigenvalue weighted by molar-refractivity contribution is 0.0586. The number of amides is 1. The van der Waals surface area contributed by atoms with E-state index in [0.29, 0.717) is 24.2 Å². The zero-order valence-electron chi connectivity index (χ0n) is 18.9. The number of rotatable bonds is 3. The highest BCUT2D eigenvalue weighted by molar-refractivity contribution is 5.96. The summed E-state index contributed by atoms with van der Waals surface area (Å²) in [5.41, 5.74) is 6.66. The zero-order valence-corrected chi connectivity index (χ0v) is 18.9. The second kappa shape index (κ2) is 9.20. The topological polar surface area (TPSA) is 49.9 Å². The minimum Gasteiger partial charge on any atom is -0.465 e. The number of ether oxygens (including phenoxy) is 1. The van der Waals surface area contributed by atoms with Gasteiger partial charge in [-0.1, -0.05) is 48.5 Å². The third-order valence-electron chi connectivity index (χ3n) is 6.88. The number of aryl methyl sites for hydroxylation is 2. The molecule has 5 nitrogen and oxygen atoms in total. The maximum atomic E-state index is 13.1. The van der Waals surface area contributed by atoms with E-state index in [9.17, 15) is 9.59 Å². The molecule has 33 heavy (non-hydrogen) atoms. The zero-order chi connectivity index (χ0) is 22.8. The van der Waals surface area contributed by atoms with E-state index in [1.54, 1.807) is 24.3 Å². The van der Waals surface area contributed by atoms with Gasteiger partial charge in [0.1, 0.15) is 0 Å². The minimum absolute atomic E-state index is 0.00716. The van der Waals surface area contributed by atoms with Crippen molar-refractivity contribution in [1.29, 1.82) is 0 Å². The summed E-state index contributed by atoms with van der Waals surface area (Å²) >= 11 is 0. The Labute approximate surface area is 194 Å².